The zero-order valence-electron chi connectivity index (χ0n) is 5.45. The topological polar surface area (TPSA) is 17.1 Å². The quantitative estimate of drug-likeness (QED) is 0.337. The first-order chi connectivity index (χ1) is 4.41. The van der Waals surface area contributed by atoms with E-state index in [1.165, 1.54) is 6.69 Å². The molecule has 0 aliphatic rings. The Morgan fingerprint density at radius 2 is 1.44 bits per heavy atom. The van der Waals surface area contributed by atoms with E-state index in [-0.39, 0.29) is 0 Å². The fourth-order valence-corrected chi connectivity index (χ4v) is 0.349. The van der Waals surface area contributed by atoms with Crippen LogP contribution in [0.1, 0.15) is 0 Å². The van der Waals surface area contributed by atoms with Crippen molar-refractivity contribution in [3.05, 3.63) is 0 Å². The van der Waals surface area contributed by atoms with Crippen LogP contribution in [0.3, 0.4) is 0 Å². The van der Waals surface area contributed by atoms with E-state index in [1.54, 1.807) is 13.4 Å². The third-order valence-electron chi connectivity index (χ3n) is 0.715. The summed E-state index contributed by atoms with van der Waals surface area (Å²) in [7, 11) is 2.69. The predicted octanol–water partition coefficient (Wildman–Crippen LogP) is -3.70. The summed E-state index contributed by atoms with van der Waals surface area (Å²) < 4.78 is 9.70. The Bertz CT molecular complexity index is 141. The van der Waals surface area contributed by atoms with Crippen LogP contribution in [0.25, 0.3) is 0 Å². The van der Waals surface area contributed by atoms with E-state index >= 15 is 0 Å². The Hall–Kier alpha value is 0.319. The molecule has 9 heteroatoms. The van der Waals surface area contributed by atoms with Gasteiger partial charge in [0, 0.05) is 0 Å². The molecule has 0 aromatic rings. The Labute approximate surface area is 60.3 Å². The van der Waals surface area contributed by atoms with Crippen LogP contribution in [0.2, 0.25) is 0 Å². The summed E-state index contributed by atoms with van der Waals surface area (Å²) in [5.74, 6) is 0. The standard InChI is InChI=1S/B8H2O/c1-2-3-4-5-6-7-8-9/h1H2. The fourth-order valence-electron chi connectivity index (χ4n) is 0.349. The van der Waals surface area contributed by atoms with Gasteiger partial charge in [0.1, 0.15) is 0 Å². The van der Waals surface area contributed by atoms with Crippen molar-refractivity contribution in [3.8, 4) is 0 Å². The van der Waals surface area contributed by atoms with E-state index in [2.05, 4.69) is 0 Å². The fraction of sp³-hybridized carbons (Fsp3) is 0. The molecule has 0 aromatic heterocycles. The molecule has 0 amide bonds. The van der Waals surface area contributed by atoms with Gasteiger partial charge in [-0.3, -0.25) is 0 Å². The maximum absolute atomic E-state index is 9.70. The van der Waals surface area contributed by atoms with Crippen LogP contribution in [0.4, 0.5) is 0 Å². The van der Waals surface area contributed by atoms with E-state index < -0.39 is 0 Å². The second kappa shape index (κ2) is 8.32. The van der Waals surface area contributed by atoms with E-state index in [9.17, 15) is 4.70 Å². The minimum absolute atomic E-state index is 0.750. The summed E-state index contributed by atoms with van der Waals surface area (Å²) in [6, 6.07) is 0. The van der Waals surface area contributed by atoms with Gasteiger partial charge in [-0.2, -0.15) is 0 Å². The molecule has 0 N–H and O–H groups in total. The average molecular weight is 105 g/mol. The molecule has 0 aromatic carbocycles. The molecular formula is H2B8O. The van der Waals surface area contributed by atoms with Crippen LogP contribution in [0.5, 0.6) is 0 Å². The van der Waals surface area contributed by atoms with E-state index in [0.29, 0.717) is 0 Å². The molecule has 0 fully saturated rings. The van der Waals surface area contributed by atoms with Gasteiger partial charge in [-0.1, -0.05) is 0 Å². The normalized spacial score (nSPS) is 6.22. The zero-order valence-corrected chi connectivity index (χ0v) is 5.45. The number of hydrogen-bond acceptors (Lipinski definition) is 1. The van der Waals surface area contributed by atoms with Crippen molar-refractivity contribution in [1.82, 2.24) is 0 Å². The third kappa shape index (κ3) is 8.32. The number of hydrogen-bond donors (Lipinski definition) is 0. The van der Waals surface area contributed by atoms with Gasteiger partial charge in [-0.05, 0) is 0 Å². The first-order valence-corrected chi connectivity index (χ1v) is 2.81. The second-order valence-electron chi connectivity index (χ2n) is 1.43. The molecule has 0 saturated carbocycles. The van der Waals surface area contributed by atoms with E-state index in [0.717, 1.165) is 7.04 Å². The van der Waals surface area contributed by atoms with Crippen LogP contribution in [-0.2, 0) is 4.70 Å². The molecule has 0 rings (SSSR count). The number of rotatable bonds is 3. The molecule has 0 unspecified atom stereocenters. The van der Waals surface area contributed by atoms with Gasteiger partial charge in [0.05, 0.1) is 0 Å². The molecule has 0 radical (unpaired) electrons. The Morgan fingerprint density at radius 1 is 0.889 bits per heavy atom. The van der Waals surface area contributed by atoms with Crippen molar-refractivity contribution in [2.45, 2.75) is 0 Å². The van der Waals surface area contributed by atoms with Gasteiger partial charge < -0.3 is 0 Å². The van der Waals surface area contributed by atoms with Crippen LogP contribution in [0.15, 0.2) is 0 Å². The third-order valence-corrected chi connectivity index (χ3v) is 0.715. The van der Waals surface area contributed by atoms with E-state index in [4.69, 9.17) is 0 Å². The summed E-state index contributed by atoms with van der Waals surface area (Å²) in [4.78, 5) is 0. The second-order valence-corrected chi connectivity index (χ2v) is 1.43. The molecule has 0 atom stereocenters. The van der Waals surface area contributed by atoms with Crippen molar-refractivity contribution in [3.63, 3.8) is 0 Å². The van der Waals surface area contributed by atoms with Gasteiger partial charge in [-0.25, -0.2) is 0 Å². The summed E-state index contributed by atoms with van der Waals surface area (Å²) in [6.45, 7) is 10.6. The molecule has 0 saturated heterocycles. The molecule has 0 spiro atoms. The molecule has 0 bridgehead atoms. The van der Waals surface area contributed by atoms with Crippen LogP contribution >= 0.6 is 0 Å². The van der Waals surface area contributed by atoms with Crippen molar-refractivity contribution >= 4 is 54.9 Å². The first-order valence-electron chi connectivity index (χ1n) is 2.81. The molecule has 0 aliphatic carbocycles. The molecule has 1 nitrogen and oxygen atoms in total. The molecule has 0 heterocycles. The molecular weight excluding hydrogens is 102 g/mol. The molecule has 0 aliphatic heterocycles. The van der Waals surface area contributed by atoms with Gasteiger partial charge in [0.15, 0.2) is 0 Å². The molecule has 9 heavy (non-hydrogen) atoms. The first kappa shape index (κ1) is 9.32. The summed E-state index contributed by atoms with van der Waals surface area (Å²) in [5.41, 5.74) is 0. The Balaban J connectivity index is 3.46. The van der Waals surface area contributed by atoms with Crippen molar-refractivity contribution < 1.29 is 4.70 Å². The van der Waals surface area contributed by atoms with Crippen molar-refractivity contribution in [2.75, 3.05) is 0 Å². The monoisotopic (exact) mass is 106 g/mol. The molecule has 32 valence electrons. The average Bonchev–Trinajstić information content (AvgIpc) is 1.89. The van der Waals surface area contributed by atoms with E-state index in [1.807, 2.05) is 27.8 Å². The van der Waals surface area contributed by atoms with Crippen LogP contribution in [-0.4, -0.2) is 54.9 Å². The minimum atomic E-state index is 0.750. The summed E-state index contributed by atoms with van der Waals surface area (Å²) in [6.07, 6.45) is 0. The SMILES string of the molecule is B\B=B/B=B\B=B/B=O. The Morgan fingerprint density at radius 3 is 2.00 bits per heavy atom. The predicted molar refractivity (Wildman–Crippen MR) is 49.5 cm³/mol. The van der Waals surface area contributed by atoms with Gasteiger partial charge in [0.25, 0.3) is 0 Å². The van der Waals surface area contributed by atoms with Crippen LogP contribution in [0, 0.1) is 0 Å². The maximum atomic E-state index is 9.70. The van der Waals surface area contributed by atoms with Gasteiger partial charge >= 0.3 is 59.6 Å². The van der Waals surface area contributed by atoms with Crippen molar-refractivity contribution in [2.24, 2.45) is 0 Å². The summed E-state index contributed by atoms with van der Waals surface area (Å²) >= 11 is 0. The van der Waals surface area contributed by atoms with Gasteiger partial charge in [0.2, 0.25) is 0 Å². The zero-order chi connectivity index (χ0) is 6.95. The van der Waals surface area contributed by atoms with Crippen molar-refractivity contribution in [1.29, 1.82) is 0 Å². The van der Waals surface area contributed by atoms with Crippen LogP contribution < -0.4 is 0 Å². The Kier molecular flexibility index (Phi) is 8.61. The van der Waals surface area contributed by atoms with Gasteiger partial charge in [-0.15, -0.1) is 0 Å². The summed E-state index contributed by atoms with van der Waals surface area (Å²) in [5, 5.41) is 0.